The lowest BCUT2D eigenvalue weighted by atomic mass is 10.1. The van der Waals surface area contributed by atoms with Crippen LogP contribution < -0.4 is 16.8 Å². The minimum atomic E-state index is -0.622. The van der Waals surface area contributed by atoms with Crippen LogP contribution >= 0.6 is 11.6 Å². The molecule has 1 atom stereocenters. The predicted molar refractivity (Wildman–Crippen MR) is 83.5 cm³/mol. The number of hydrogen-bond donors (Lipinski definition) is 3. The fourth-order valence-electron chi connectivity index (χ4n) is 1.97. The van der Waals surface area contributed by atoms with Gasteiger partial charge in [0, 0.05) is 6.04 Å². The average molecular weight is 294 g/mol. The van der Waals surface area contributed by atoms with Crippen LogP contribution in [0.4, 0.5) is 21.5 Å². The lowest BCUT2D eigenvalue weighted by Gasteiger charge is -2.19. The summed E-state index contributed by atoms with van der Waals surface area (Å²) >= 11 is 5.81. The van der Waals surface area contributed by atoms with E-state index in [1.807, 2.05) is 38.1 Å². The van der Waals surface area contributed by atoms with Gasteiger partial charge in [0.2, 0.25) is 0 Å². The molecule has 0 saturated carbocycles. The van der Waals surface area contributed by atoms with Crippen molar-refractivity contribution in [3.63, 3.8) is 0 Å². The van der Waals surface area contributed by atoms with E-state index < -0.39 is 5.82 Å². The molecule has 0 aromatic heterocycles. The van der Waals surface area contributed by atoms with Gasteiger partial charge in [-0.3, -0.25) is 0 Å². The molecule has 3 nitrogen and oxygen atoms in total. The zero-order valence-electron chi connectivity index (χ0n) is 11.4. The van der Waals surface area contributed by atoms with Gasteiger partial charge >= 0.3 is 0 Å². The van der Waals surface area contributed by atoms with E-state index in [4.69, 9.17) is 23.1 Å². The van der Waals surface area contributed by atoms with E-state index in [1.54, 1.807) is 0 Å². The van der Waals surface area contributed by atoms with Crippen LogP contribution in [-0.2, 0) is 0 Å². The van der Waals surface area contributed by atoms with Crippen molar-refractivity contribution in [2.45, 2.75) is 19.9 Å². The second-order valence-electron chi connectivity index (χ2n) is 4.83. The topological polar surface area (TPSA) is 64.1 Å². The Bertz CT molecular complexity index is 626. The fourth-order valence-corrected chi connectivity index (χ4v) is 2.12. The van der Waals surface area contributed by atoms with E-state index in [2.05, 4.69) is 5.32 Å². The van der Waals surface area contributed by atoms with Crippen molar-refractivity contribution in [2.24, 2.45) is 0 Å². The number of halogens is 2. The fraction of sp³-hybridized carbons (Fsp3) is 0.200. The minimum Gasteiger partial charge on any atom is -0.397 e. The Morgan fingerprint density at radius 3 is 2.35 bits per heavy atom. The standard InChI is InChI=1S/C15H17ClFN3/c1-8-3-5-10(6-4-8)9(2)20-15-12(19)7-11(18)13(16)14(15)17/h3-7,9,20H,18-19H2,1-2H3. The Kier molecular flexibility index (Phi) is 4.04. The average Bonchev–Trinajstić information content (AvgIpc) is 2.42. The number of rotatable bonds is 3. The van der Waals surface area contributed by atoms with E-state index in [1.165, 1.54) is 11.6 Å². The Hall–Kier alpha value is -1.94. The zero-order chi connectivity index (χ0) is 14.9. The molecule has 0 radical (unpaired) electrons. The number of aryl methyl sites for hydroxylation is 1. The van der Waals surface area contributed by atoms with Crippen molar-refractivity contribution in [1.82, 2.24) is 0 Å². The minimum absolute atomic E-state index is 0.105. The van der Waals surface area contributed by atoms with Gasteiger partial charge in [-0.25, -0.2) is 4.39 Å². The van der Waals surface area contributed by atoms with Crippen LogP contribution in [0.5, 0.6) is 0 Å². The monoisotopic (exact) mass is 293 g/mol. The maximum atomic E-state index is 14.1. The number of nitrogen functional groups attached to an aromatic ring is 2. The summed E-state index contributed by atoms with van der Waals surface area (Å²) in [6.07, 6.45) is 0. The van der Waals surface area contributed by atoms with Crippen LogP contribution in [0, 0.1) is 12.7 Å². The third-order valence-electron chi connectivity index (χ3n) is 3.20. The van der Waals surface area contributed by atoms with Crippen molar-refractivity contribution in [2.75, 3.05) is 16.8 Å². The maximum absolute atomic E-state index is 14.1. The van der Waals surface area contributed by atoms with Crippen molar-refractivity contribution in [3.8, 4) is 0 Å². The van der Waals surface area contributed by atoms with Gasteiger partial charge in [-0.1, -0.05) is 41.4 Å². The lowest BCUT2D eigenvalue weighted by molar-refractivity contribution is 0.629. The Labute approximate surface area is 122 Å². The SMILES string of the molecule is Cc1ccc(C(C)Nc2c(N)cc(N)c(Cl)c2F)cc1. The second kappa shape index (κ2) is 5.59. The number of nitrogens with one attached hydrogen (secondary N) is 1. The van der Waals surface area contributed by atoms with Gasteiger partial charge in [0.05, 0.1) is 17.1 Å². The van der Waals surface area contributed by atoms with E-state index in [9.17, 15) is 4.39 Å². The molecule has 0 aliphatic rings. The summed E-state index contributed by atoms with van der Waals surface area (Å²) in [4.78, 5) is 0. The van der Waals surface area contributed by atoms with Gasteiger partial charge < -0.3 is 16.8 Å². The van der Waals surface area contributed by atoms with Crippen LogP contribution in [0.15, 0.2) is 30.3 Å². The first kappa shape index (κ1) is 14.5. The third kappa shape index (κ3) is 2.80. The van der Waals surface area contributed by atoms with E-state index >= 15 is 0 Å². The molecule has 2 aromatic carbocycles. The molecule has 0 fully saturated rings. The van der Waals surface area contributed by atoms with Crippen LogP contribution in [-0.4, -0.2) is 0 Å². The van der Waals surface area contributed by atoms with Gasteiger partial charge in [0.15, 0.2) is 5.82 Å². The van der Waals surface area contributed by atoms with E-state index in [0.717, 1.165) is 5.56 Å². The van der Waals surface area contributed by atoms with Crippen molar-refractivity contribution < 1.29 is 4.39 Å². The van der Waals surface area contributed by atoms with Crippen LogP contribution in [0.2, 0.25) is 5.02 Å². The highest BCUT2D eigenvalue weighted by molar-refractivity contribution is 6.33. The first-order valence-corrected chi connectivity index (χ1v) is 6.64. The first-order chi connectivity index (χ1) is 9.40. The molecule has 0 amide bonds. The molecule has 0 bridgehead atoms. The highest BCUT2D eigenvalue weighted by Gasteiger charge is 2.16. The number of anilines is 3. The van der Waals surface area contributed by atoms with Gasteiger partial charge in [-0.15, -0.1) is 0 Å². The molecule has 0 saturated heterocycles. The summed E-state index contributed by atoms with van der Waals surface area (Å²) in [6, 6.07) is 9.33. The van der Waals surface area contributed by atoms with Gasteiger partial charge in [0.25, 0.3) is 0 Å². The van der Waals surface area contributed by atoms with Gasteiger partial charge in [-0.2, -0.15) is 0 Å². The molecule has 5 heteroatoms. The number of nitrogens with two attached hydrogens (primary N) is 2. The molecular formula is C15H17ClFN3. The third-order valence-corrected chi connectivity index (χ3v) is 3.59. The molecule has 1 unspecified atom stereocenters. The molecule has 0 aliphatic carbocycles. The van der Waals surface area contributed by atoms with Gasteiger partial charge in [-0.05, 0) is 25.5 Å². The second-order valence-corrected chi connectivity index (χ2v) is 5.21. The van der Waals surface area contributed by atoms with Gasteiger partial charge in [0.1, 0.15) is 5.02 Å². The Morgan fingerprint density at radius 1 is 1.15 bits per heavy atom. The smallest absolute Gasteiger partial charge is 0.169 e. The van der Waals surface area contributed by atoms with Crippen molar-refractivity contribution >= 4 is 28.7 Å². The summed E-state index contributed by atoms with van der Waals surface area (Å²) in [5, 5.41) is 2.93. The number of hydrogen-bond acceptors (Lipinski definition) is 3. The molecular weight excluding hydrogens is 277 g/mol. The molecule has 2 aromatic rings. The predicted octanol–water partition coefficient (Wildman–Crippen LogP) is 4.13. The van der Waals surface area contributed by atoms with Crippen LogP contribution in [0.25, 0.3) is 0 Å². The van der Waals surface area contributed by atoms with Crippen LogP contribution in [0.3, 0.4) is 0 Å². The molecule has 0 aliphatic heterocycles. The molecule has 20 heavy (non-hydrogen) atoms. The summed E-state index contributed by atoms with van der Waals surface area (Å²) in [7, 11) is 0. The first-order valence-electron chi connectivity index (χ1n) is 6.26. The lowest BCUT2D eigenvalue weighted by Crippen LogP contribution is -2.11. The van der Waals surface area contributed by atoms with Crippen molar-refractivity contribution in [3.05, 3.63) is 52.3 Å². The molecule has 106 valence electrons. The summed E-state index contributed by atoms with van der Waals surface area (Å²) in [5.41, 5.74) is 14.1. The molecule has 0 spiro atoms. The van der Waals surface area contributed by atoms with E-state index in [-0.39, 0.29) is 28.1 Å². The van der Waals surface area contributed by atoms with Crippen LogP contribution in [0.1, 0.15) is 24.1 Å². The zero-order valence-corrected chi connectivity index (χ0v) is 12.1. The molecule has 2 rings (SSSR count). The number of benzene rings is 2. The van der Waals surface area contributed by atoms with Crippen molar-refractivity contribution in [1.29, 1.82) is 0 Å². The summed E-state index contributed by atoms with van der Waals surface area (Å²) in [6.45, 7) is 3.94. The summed E-state index contributed by atoms with van der Waals surface area (Å²) < 4.78 is 14.1. The highest BCUT2D eigenvalue weighted by atomic mass is 35.5. The summed E-state index contributed by atoms with van der Waals surface area (Å²) in [5.74, 6) is -0.622. The Balaban J connectivity index is 2.30. The molecule has 0 heterocycles. The maximum Gasteiger partial charge on any atom is 0.169 e. The molecule has 5 N–H and O–H groups in total. The quantitative estimate of drug-likeness (QED) is 0.746. The largest absolute Gasteiger partial charge is 0.397 e. The highest BCUT2D eigenvalue weighted by Crippen LogP contribution is 2.35. The Morgan fingerprint density at radius 2 is 1.75 bits per heavy atom. The normalized spacial score (nSPS) is 12.2. The van der Waals surface area contributed by atoms with E-state index in [0.29, 0.717) is 0 Å².